The maximum absolute atomic E-state index is 12.8. The summed E-state index contributed by atoms with van der Waals surface area (Å²) in [6, 6.07) is 13.2. The van der Waals surface area contributed by atoms with Crippen LogP contribution >= 0.6 is 0 Å². The van der Waals surface area contributed by atoms with Crippen molar-refractivity contribution in [2.24, 2.45) is 5.92 Å². The molecule has 0 aliphatic heterocycles. The summed E-state index contributed by atoms with van der Waals surface area (Å²) in [5, 5.41) is 3.54. The Bertz CT molecular complexity index is 1180. The van der Waals surface area contributed by atoms with Gasteiger partial charge in [0.2, 0.25) is 0 Å². The predicted molar refractivity (Wildman–Crippen MR) is 117 cm³/mol. The van der Waals surface area contributed by atoms with Crippen LogP contribution in [0, 0.1) is 5.92 Å². The van der Waals surface area contributed by atoms with E-state index in [9.17, 15) is 14.4 Å². The number of fused-ring (bicyclic) bond motifs is 2. The number of rotatable bonds is 6. The molecule has 1 atom stereocenters. The van der Waals surface area contributed by atoms with Crippen molar-refractivity contribution in [1.82, 2.24) is 5.32 Å². The van der Waals surface area contributed by atoms with Crippen molar-refractivity contribution in [1.29, 1.82) is 0 Å². The normalized spacial score (nSPS) is 13.8. The fraction of sp³-hybridized carbons (Fsp3) is 0.320. The average molecular weight is 419 g/mol. The van der Waals surface area contributed by atoms with Gasteiger partial charge in [0, 0.05) is 22.6 Å². The Morgan fingerprint density at radius 2 is 1.77 bits per heavy atom. The van der Waals surface area contributed by atoms with Crippen LogP contribution < -0.4 is 10.9 Å². The van der Waals surface area contributed by atoms with Gasteiger partial charge in [-0.3, -0.25) is 4.79 Å². The molecule has 0 radical (unpaired) electrons. The Hall–Kier alpha value is -3.41. The van der Waals surface area contributed by atoms with Crippen LogP contribution in [0.2, 0.25) is 0 Å². The molecule has 160 valence electrons. The maximum Gasteiger partial charge on any atom is 0.336 e. The van der Waals surface area contributed by atoms with Crippen molar-refractivity contribution in [3.63, 3.8) is 0 Å². The third-order valence-electron chi connectivity index (χ3n) is 5.66. The molecule has 6 heteroatoms. The number of carbonyl (C=O) groups excluding carboxylic acids is 2. The zero-order chi connectivity index (χ0) is 22.0. The zero-order valence-electron chi connectivity index (χ0n) is 17.6. The number of esters is 1. The molecule has 2 aromatic carbocycles. The highest BCUT2D eigenvalue weighted by atomic mass is 16.5. The van der Waals surface area contributed by atoms with Crippen LogP contribution in [0.1, 0.15) is 47.3 Å². The summed E-state index contributed by atoms with van der Waals surface area (Å²) < 4.78 is 10.9. The Balaban J connectivity index is 1.52. The standard InChI is InChI=1S/C25H25NO5/c1-15(2)23(26-24(28)16-7-4-3-5-8-16)25(29)30-14-19-13-22(27)31-21-12-18-10-6-9-17(18)11-20(19)21/h3-5,7-8,11-13,15,23H,6,9-10,14H2,1-2H3,(H,26,28). The highest BCUT2D eigenvalue weighted by Crippen LogP contribution is 2.28. The molecule has 1 unspecified atom stereocenters. The van der Waals surface area contributed by atoms with Crippen LogP contribution in [-0.4, -0.2) is 17.9 Å². The minimum atomic E-state index is -0.802. The van der Waals surface area contributed by atoms with E-state index in [0.717, 1.165) is 24.6 Å². The van der Waals surface area contributed by atoms with Crippen LogP contribution in [0.5, 0.6) is 0 Å². The number of ether oxygens (including phenoxy) is 1. The van der Waals surface area contributed by atoms with E-state index in [1.54, 1.807) is 24.3 Å². The van der Waals surface area contributed by atoms with E-state index in [2.05, 4.69) is 5.32 Å². The van der Waals surface area contributed by atoms with Gasteiger partial charge in [0.25, 0.3) is 5.91 Å². The third kappa shape index (κ3) is 4.53. The molecule has 0 saturated carbocycles. The van der Waals surface area contributed by atoms with E-state index in [4.69, 9.17) is 9.15 Å². The van der Waals surface area contributed by atoms with Crippen molar-refractivity contribution < 1.29 is 18.7 Å². The molecule has 1 aliphatic rings. The number of aryl methyl sites for hydroxylation is 2. The van der Waals surface area contributed by atoms with E-state index in [1.807, 2.05) is 32.0 Å². The van der Waals surface area contributed by atoms with Crippen LogP contribution in [0.15, 0.2) is 57.7 Å². The molecule has 1 aliphatic carbocycles. The molecule has 3 aromatic rings. The van der Waals surface area contributed by atoms with E-state index >= 15 is 0 Å². The van der Waals surface area contributed by atoms with Gasteiger partial charge in [-0.1, -0.05) is 32.0 Å². The highest BCUT2D eigenvalue weighted by Gasteiger charge is 2.26. The minimum Gasteiger partial charge on any atom is -0.459 e. The number of hydrogen-bond donors (Lipinski definition) is 1. The molecule has 0 saturated heterocycles. The largest absolute Gasteiger partial charge is 0.459 e. The molecule has 6 nitrogen and oxygen atoms in total. The molecule has 0 fully saturated rings. The van der Waals surface area contributed by atoms with Crippen LogP contribution in [0.25, 0.3) is 11.0 Å². The summed E-state index contributed by atoms with van der Waals surface area (Å²) in [6.45, 7) is 3.62. The second kappa shape index (κ2) is 8.76. The fourth-order valence-corrected chi connectivity index (χ4v) is 3.96. The smallest absolute Gasteiger partial charge is 0.336 e. The van der Waals surface area contributed by atoms with Gasteiger partial charge in [-0.05, 0) is 60.6 Å². The second-order valence-electron chi connectivity index (χ2n) is 8.23. The molecule has 1 N–H and O–H groups in total. The van der Waals surface area contributed by atoms with Crippen molar-refractivity contribution in [2.75, 3.05) is 0 Å². The summed E-state index contributed by atoms with van der Waals surface area (Å²) in [6.07, 6.45) is 3.05. The van der Waals surface area contributed by atoms with Crippen LogP contribution in [0.3, 0.4) is 0 Å². The SMILES string of the molecule is CC(C)C(NC(=O)c1ccccc1)C(=O)OCc1cc(=O)oc2cc3c(cc12)CCC3. The lowest BCUT2D eigenvalue weighted by atomic mass is 10.0. The summed E-state index contributed by atoms with van der Waals surface area (Å²) in [7, 11) is 0. The van der Waals surface area contributed by atoms with Gasteiger partial charge in [-0.15, -0.1) is 0 Å². The lowest BCUT2D eigenvalue weighted by Crippen LogP contribution is -2.45. The summed E-state index contributed by atoms with van der Waals surface area (Å²) in [5.74, 6) is -1.04. The number of amides is 1. The van der Waals surface area contributed by atoms with Gasteiger partial charge in [0.15, 0.2) is 0 Å². The molecular formula is C25H25NO5. The van der Waals surface area contributed by atoms with Gasteiger partial charge in [0.05, 0.1) is 0 Å². The van der Waals surface area contributed by atoms with E-state index in [-0.39, 0.29) is 18.4 Å². The number of benzene rings is 2. The third-order valence-corrected chi connectivity index (χ3v) is 5.66. The first-order valence-electron chi connectivity index (χ1n) is 10.5. The molecular weight excluding hydrogens is 394 g/mol. The fourth-order valence-electron chi connectivity index (χ4n) is 3.96. The van der Waals surface area contributed by atoms with Crippen LogP contribution in [-0.2, 0) is 29.0 Å². The Labute approximate surface area is 180 Å². The first kappa shape index (κ1) is 20.8. The number of carbonyl (C=O) groups is 2. The van der Waals surface area contributed by atoms with Crippen molar-refractivity contribution in [3.8, 4) is 0 Å². The lowest BCUT2D eigenvalue weighted by molar-refractivity contribution is -0.148. The first-order chi connectivity index (χ1) is 14.9. The van der Waals surface area contributed by atoms with Crippen LogP contribution in [0.4, 0.5) is 0 Å². The number of nitrogens with one attached hydrogen (secondary N) is 1. The first-order valence-corrected chi connectivity index (χ1v) is 10.5. The average Bonchev–Trinajstić information content (AvgIpc) is 3.21. The molecule has 31 heavy (non-hydrogen) atoms. The van der Waals surface area contributed by atoms with Crippen molar-refractivity contribution in [2.45, 2.75) is 45.8 Å². The molecule has 4 rings (SSSR count). The number of hydrogen-bond acceptors (Lipinski definition) is 5. The van der Waals surface area contributed by atoms with Gasteiger partial charge in [-0.2, -0.15) is 0 Å². The Morgan fingerprint density at radius 3 is 2.48 bits per heavy atom. The Morgan fingerprint density at radius 1 is 1.06 bits per heavy atom. The quantitative estimate of drug-likeness (QED) is 0.485. The highest BCUT2D eigenvalue weighted by molar-refractivity contribution is 5.96. The molecule has 1 amide bonds. The second-order valence-corrected chi connectivity index (χ2v) is 8.23. The molecule has 1 aromatic heterocycles. The topological polar surface area (TPSA) is 85.6 Å². The van der Waals surface area contributed by atoms with Crippen molar-refractivity contribution in [3.05, 3.63) is 81.2 Å². The summed E-state index contributed by atoms with van der Waals surface area (Å²) in [4.78, 5) is 37.3. The lowest BCUT2D eigenvalue weighted by Gasteiger charge is -2.21. The van der Waals surface area contributed by atoms with Gasteiger partial charge in [0.1, 0.15) is 18.2 Å². The van der Waals surface area contributed by atoms with Gasteiger partial charge < -0.3 is 14.5 Å². The monoisotopic (exact) mass is 419 g/mol. The summed E-state index contributed by atoms with van der Waals surface area (Å²) in [5.41, 5.74) is 3.55. The van der Waals surface area contributed by atoms with Gasteiger partial charge in [-0.25, -0.2) is 9.59 Å². The maximum atomic E-state index is 12.8. The van der Waals surface area contributed by atoms with E-state index in [0.29, 0.717) is 16.7 Å². The molecule has 1 heterocycles. The Kier molecular flexibility index (Phi) is 5.89. The van der Waals surface area contributed by atoms with E-state index < -0.39 is 17.6 Å². The molecule has 0 spiro atoms. The summed E-state index contributed by atoms with van der Waals surface area (Å²) >= 11 is 0. The minimum absolute atomic E-state index is 0.0653. The van der Waals surface area contributed by atoms with E-state index in [1.165, 1.54) is 17.2 Å². The predicted octanol–water partition coefficient (Wildman–Crippen LogP) is 3.78. The van der Waals surface area contributed by atoms with Gasteiger partial charge >= 0.3 is 11.6 Å². The zero-order valence-corrected chi connectivity index (χ0v) is 17.6. The molecule has 0 bridgehead atoms. The van der Waals surface area contributed by atoms with Crippen molar-refractivity contribution >= 4 is 22.8 Å².